The maximum absolute atomic E-state index is 12.0. The maximum atomic E-state index is 12.0. The molecule has 0 aliphatic heterocycles. The number of aldehydes is 1. The summed E-state index contributed by atoms with van der Waals surface area (Å²) in [7, 11) is 1.52. The number of nitrogens with zero attached hydrogens (tertiary/aromatic N) is 2. The molecule has 0 saturated carbocycles. The zero-order valence-corrected chi connectivity index (χ0v) is 10.2. The molecule has 0 radical (unpaired) electrons. The minimum Gasteiger partial charge on any atom is -0.296 e. The Balaban J connectivity index is 2.77. The summed E-state index contributed by atoms with van der Waals surface area (Å²) < 4.78 is 2.55. The van der Waals surface area contributed by atoms with Crippen molar-refractivity contribution in [2.75, 3.05) is 0 Å². The predicted octanol–water partition coefficient (Wildman–Crippen LogP) is 1.95. The molecule has 0 aliphatic rings. The number of rotatable bonds is 2. The van der Waals surface area contributed by atoms with Crippen LogP contribution in [-0.2, 0) is 7.05 Å². The van der Waals surface area contributed by atoms with E-state index in [1.165, 1.54) is 16.2 Å². The van der Waals surface area contributed by atoms with Gasteiger partial charge in [0, 0.05) is 7.05 Å². The zero-order chi connectivity index (χ0) is 12.6. The monoisotopic (exact) mass is 250 g/mol. The summed E-state index contributed by atoms with van der Waals surface area (Å²) in [5.74, 6) is 0. The van der Waals surface area contributed by atoms with Crippen molar-refractivity contribution in [1.29, 1.82) is 0 Å². The van der Waals surface area contributed by atoms with Crippen molar-refractivity contribution in [1.82, 2.24) is 9.13 Å². The molecule has 1 aromatic heterocycles. The quantitative estimate of drug-likeness (QED) is 0.765. The molecule has 17 heavy (non-hydrogen) atoms. The summed E-state index contributed by atoms with van der Waals surface area (Å²) in [5.41, 5.74) is 1.52. The molecule has 88 valence electrons. The van der Waals surface area contributed by atoms with Gasteiger partial charge in [-0.15, -0.1) is 0 Å². The van der Waals surface area contributed by atoms with Gasteiger partial charge in [0.2, 0.25) is 0 Å². The lowest BCUT2D eigenvalue weighted by molar-refractivity contribution is 0.111. The van der Waals surface area contributed by atoms with Gasteiger partial charge >= 0.3 is 5.69 Å². The number of aromatic nitrogens is 2. The summed E-state index contributed by atoms with van der Waals surface area (Å²) >= 11 is 6.03. The highest BCUT2D eigenvalue weighted by Gasteiger charge is 2.16. The van der Waals surface area contributed by atoms with Gasteiger partial charge in [-0.3, -0.25) is 13.9 Å². The molecule has 1 heterocycles. The van der Waals surface area contributed by atoms with Crippen molar-refractivity contribution in [3.8, 4) is 5.69 Å². The van der Waals surface area contributed by atoms with Gasteiger partial charge in [0.25, 0.3) is 0 Å². The van der Waals surface area contributed by atoms with Crippen LogP contribution in [0.25, 0.3) is 5.69 Å². The van der Waals surface area contributed by atoms with Crippen LogP contribution >= 0.6 is 11.6 Å². The summed E-state index contributed by atoms with van der Waals surface area (Å²) in [4.78, 5) is 22.8. The lowest BCUT2D eigenvalue weighted by Crippen LogP contribution is -2.21. The molecule has 1 aromatic carbocycles. The zero-order valence-electron chi connectivity index (χ0n) is 9.48. The summed E-state index contributed by atoms with van der Waals surface area (Å²) in [5, 5.41) is 0.137. The van der Waals surface area contributed by atoms with Crippen LogP contribution < -0.4 is 5.69 Å². The molecule has 0 bridgehead atoms. The average molecular weight is 251 g/mol. The number of aryl methyl sites for hydroxylation is 1. The molecule has 0 unspecified atom stereocenters. The van der Waals surface area contributed by atoms with Crippen molar-refractivity contribution in [2.24, 2.45) is 7.05 Å². The van der Waals surface area contributed by atoms with Gasteiger partial charge in [-0.1, -0.05) is 23.7 Å². The average Bonchev–Trinajstić information content (AvgIpc) is 2.50. The standard InChI is InChI=1S/C12H11ClN2O2/c1-8-4-3-5-9(6-8)15-11(13)10(7-16)14(2)12(15)17/h3-7H,1-2H3. The Labute approximate surface area is 103 Å². The highest BCUT2D eigenvalue weighted by atomic mass is 35.5. The highest BCUT2D eigenvalue weighted by molar-refractivity contribution is 6.32. The fourth-order valence-corrected chi connectivity index (χ4v) is 2.05. The molecule has 0 spiro atoms. The molecule has 0 N–H and O–H groups in total. The van der Waals surface area contributed by atoms with Gasteiger partial charge in [-0.2, -0.15) is 0 Å². The second kappa shape index (κ2) is 4.22. The normalized spacial score (nSPS) is 10.5. The topological polar surface area (TPSA) is 44.0 Å². The lowest BCUT2D eigenvalue weighted by Gasteiger charge is -2.03. The Hall–Kier alpha value is -1.81. The molecular formula is C12H11ClN2O2. The second-order valence-electron chi connectivity index (χ2n) is 3.81. The number of benzene rings is 1. The van der Waals surface area contributed by atoms with Gasteiger partial charge in [0.15, 0.2) is 6.29 Å². The molecule has 5 heteroatoms. The van der Waals surface area contributed by atoms with Gasteiger partial charge < -0.3 is 0 Å². The first kappa shape index (κ1) is 11.7. The minimum absolute atomic E-state index is 0.137. The van der Waals surface area contributed by atoms with Gasteiger partial charge in [-0.05, 0) is 24.6 Å². The van der Waals surface area contributed by atoms with Crippen molar-refractivity contribution in [2.45, 2.75) is 6.92 Å². The van der Waals surface area contributed by atoms with Crippen LogP contribution in [0.2, 0.25) is 5.15 Å². The van der Waals surface area contributed by atoms with E-state index in [1.807, 2.05) is 25.1 Å². The molecule has 2 aromatic rings. The second-order valence-corrected chi connectivity index (χ2v) is 4.17. The van der Waals surface area contributed by atoms with E-state index in [1.54, 1.807) is 6.07 Å². The van der Waals surface area contributed by atoms with E-state index < -0.39 is 0 Å². The largest absolute Gasteiger partial charge is 0.334 e. The van der Waals surface area contributed by atoms with Crippen molar-refractivity contribution in [3.05, 3.63) is 51.2 Å². The van der Waals surface area contributed by atoms with Gasteiger partial charge in [0.05, 0.1) is 5.69 Å². The van der Waals surface area contributed by atoms with E-state index in [-0.39, 0.29) is 16.5 Å². The maximum Gasteiger partial charge on any atom is 0.334 e. The number of hydrogen-bond acceptors (Lipinski definition) is 2. The van der Waals surface area contributed by atoms with Gasteiger partial charge in [0.1, 0.15) is 10.8 Å². The van der Waals surface area contributed by atoms with Crippen LogP contribution in [0.1, 0.15) is 16.1 Å². The number of imidazole rings is 1. The molecule has 0 atom stereocenters. The van der Waals surface area contributed by atoms with Crippen LogP contribution in [0.4, 0.5) is 0 Å². The van der Waals surface area contributed by atoms with Crippen LogP contribution in [0.5, 0.6) is 0 Å². The van der Waals surface area contributed by atoms with Crippen LogP contribution in [0.3, 0.4) is 0 Å². The third-order valence-electron chi connectivity index (χ3n) is 2.62. The van der Waals surface area contributed by atoms with E-state index in [0.29, 0.717) is 12.0 Å². The number of carbonyl (C=O) groups is 1. The smallest absolute Gasteiger partial charge is 0.296 e. The third-order valence-corrected chi connectivity index (χ3v) is 2.98. The molecule has 2 rings (SSSR count). The van der Waals surface area contributed by atoms with E-state index >= 15 is 0 Å². The first-order chi connectivity index (χ1) is 8.06. The van der Waals surface area contributed by atoms with E-state index in [2.05, 4.69) is 0 Å². The van der Waals surface area contributed by atoms with Gasteiger partial charge in [-0.25, -0.2) is 4.79 Å². The third kappa shape index (κ3) is 1.80. The number of carbonyl (C=O) groups excluding carboxylic acids is 1. The Morgan fingerprint density at radius 1 is 1.35 bits per heavy atom. The highest BCUT2D eigenvalue weighted by Crippen LogP contribution is 2.18. The number of hydrogen-bond donors (Lipinski definition) is 0. The first-order valence-corrected chi connectivity index (χ1v) is 5.43. The lowest BCUT2D eigenvalue weighted by atomic mass is 10.2. The molecule has 0 fully saturated rings. The van der Waals surface area contributed by atoms with Crippen molar-refractivity contribution >= 4 is 17.9 Å². The summed E-state index contributed by atoms with van der Waals surface area (Å²) in [6, 6.07) is 7.36. The molecule has 0 amide bonds. The van der Waals surface area contributed by atoms with E-state index in [0.717, 1.165) is 5.56 Å². The fourth-order valence-electron chi connectivity index (χ4n) is 1.71. The Morgan fingerprint density at radius 2 is 2.06 bits per heavy atom. The molecule has 0 saturated heterocycles. The first-order valence-electron chi connectivity index (χ1n) is 5.05. The Kier molecular flexibility index (Phi) is 2.90. The summed E-state index contributed by atoms with van der Waals surface area (Å²) in [6.07, 6.45) is 0.579. The summed E-state index contributed by atoms with van der Waals surface area (Å²) in [6.45, 7) is 1.92. The van der Waals surface area contributed by atoms with Crippen molar-refractivity contribution < 1.29 is 4.79 Å². The Morgan fingerprint density at radius 3 is 2.59 bits per heavy atom. The fraction of sp³-hybridized carbons (Fsp3) is 0.167. The molecule has 4 nitrogen and oxygen atoms in total. The molecule has 0 aliphatic carbocycles. The van der Waals surface area contributed by atoms with Crippen LogP contribution in [0.15, 0.2) is 29.1 Å². The van der Waals surface area contributed by atoms with E-state index in [9.17, 15) is 9.59 Å². The van der Waals surface area contributed by atoms with E-state index in [4.69, 9.17) is 11.6 Å². The van der Waals surface area contributed by atoms with Crippen molar-refractivity contribution in [3.63, 3.8) is 0 Å². The Bertz CT molecular complexity index is 640. The predicted molar refractivity (Wildman–Crippen MR) is 66.1 cm³/mol. The van der Waals surface area contributed by atoms with Crippen LogP contribution in [0, 0.1) is 6.92 Å². The minimum atomic E-state index is -0.331. The van der Waals surface area contributed by atoms with Crippen LogP contribution in [-0.4, -0.2) is 15.4 Å². The number of halogens is 1. The SMILES string of the molecule is Cc1cccc(-n2c(Cl)c(C=O)n(C)c2=O)c1. The molecular weight excluding hydrogens is 240 g/mol.